The summed E-state index contributed by atoms with van der Waals surface area (Å²) in [5.74, 6) is -0.841. The summed E-state index contributed by atoms with van der Waals surface area (Å²) in [4.78, 5) is 25.9. The van der Waals surface area contributed by atoms with Gasteiger partial charge in [0.25, 0.3) is 0 Å². The average molecular weight is 383 g/mol. The van der Waals surface area contributed by atoms with Crippen LogP contribution in [0.2, 0.25) is 0 Å². The Hall–Kier alpha value is -2.56. The second kappa shape index (κ2) is 7.46. The zero-order valence-electron chi connectivity index (χ0n) is 17.3. The standard InChI is InChI=1S/C23H29NO4/c1-13(2)28-18-10-8-7-9-15(18)20-19(22(26)27-6)14(3)24-16-11-23(4,5)12-17(25)21(16)20/h7-10,13,19-20,24H,3,11-12H2,1-2,4-6H3. The van der Waals surface area contributed by atoms with Gasteiger partial charge in [-0.25, -0.2) is 0 Å². The Morgan fingerprint density at radius 2 is 1.93 bits per heavy atom. The van der Waals surface area contributed by atoms with Crippen molar-refractivity contribution in [1.82, 2.24) is 5.32 Å². The molecule has 1 N–H and O–H groups in total. The fourth-order valence-corrected chi connectivity index (χ4v) is 4.29. The molecule has 1 aliphatic carbocycles. The highest BCUT2D eigenvalue weighted by Crippen LogP contribution is 2.49. The smallest absolute Gasteiger partial charge is 0.315 e. The highest BCUT2D eigenvalue weighted by molar-refractivity contribution is 6.01. The lowest BCUT2D eigenvalue weighted by molar-refractivity contribution is -0.144. The third kappa shape index (κ3) is 3.71. The van der Waals surface area contributed by atoms with Gasteiger partial charge >= 0.3 is 5.97 Å². The Labute approximate surface area is 166 Å². The van der Waals surface area contributed by atoms with Crippen molar-refractivity contribution < 1.29 is 19.1 Å². The molecule has 1 aromatic rings. The number of para-hydroxylation sites is 1. The Morgan fingerprint density at radius 3 is 2.57 bits per heavy atom. The molecule has 2 unspecified atom stereocenters. The van der Waals surface area contributed by atoms with Crippen LogP contribution < -0.4 is 10.1 Å². The monoisotopic (exact) mass is 383 g/mol. The largest absolute Gasteiger partial charge is 0.491 e. The molecule has 0 fully saturated rings. The molecule has 0 aromatic heterocycles. The summed E-state index contributed by atoms with van der Waals surface area (Å²) >= 11 is 0. The first-order chi connectivity index (χ1) is 13.1. The first-order valence-corrected chi connectivity index (χ1v) is 9.70. The van der Waals surface area contributed by atoms with Crippen LogP contribution in [0.1, 0.15) is 52.0 Å². The number of allylic oxidation sites excluding steroid dienone is 2. The normalized spacial score (nSPS) is 23.9. The van der Waals surface area contributed by atoms with Crippen molar-refractivity contribution in [2.45, 2.75) is 52.6 Å². The van der Waals surface area contributed by atoms with Crippen LogP contribution in [-0.4, -0.2) is 25.0 Å². The van der Waals surface area contributed by atoms with Gasteiger partial charge in [0.05, 0.1) is 13.2 Å². The summed E-state index contributed by atoms with van der Waals surface area (Å²) in [6, 6.07) is 7.60. The van der Waals surface area contributed by atoms with Gasteiger partial charge in [-0.2, -0.15) is 0 Å². The second-order valence-corrected chi connectivity index (χ2v) is 8.67. The maximum atomic E-state index is 13.2. The Morgan fingerprint density at radius 1 is 1.25 bits per heavy atom. The van der Waals surface area contributed by atoms with Crippen molar-refractivity contribution >= 4 is 11.8 Å². The molecule has 0 radical (unpaired) electrons. The number of Topliss-reactive ketones (excluding diaryl/α,β-unsaturated/α-hetero) is 1. The molecule has 0 saturated carbocycles. The lowest BCUT2D eigenvalue weighted by Gasteiger charge is -2.42. The van der Waals surface area contributed by atoms with E-state index in [1.807, 2.05) is 38.1 Å². The maximum Gasteiger partial charge on any atom is 0.315 e. The van der Waals surface area contributed by atoms with Gasteiger partial charge in [0.15, 0.2) is 5.78 Å². The van der Waals surface area contributed by atoms with Gasteiger partial charge in [-0.15, -0.1) is 0 Å². The van der Waals surface area contributed by atoms with Crippen LogP contribution >= 0.6 is 0 Å². The topological polar surface area (TPSA) is 64.6 Å². The summed E-state index contributed by atoms with van der Waals surface area (Å²) < 4.78 is 11.1. The van der Waals surface area contributed by atoms with Crippen molar-refractivity contribution in [2.75, 3.05) is 7.11 Å². The summed E-state index contributed by atoms with van der Waals surface area (Å²) in [6.07, 6.45) is 1.14. The van der Waals surface area contributed by atoms with Gasteiger partial charge < -0.3 is 14.8 Å². The van der Waals surface area contributed by atoms with Crippen LogP contribution in [0.25, 0.3) is 0 Å². The molecule has 1 heterocycles. The molecule has 5 nitrogen and oxygen atoms in total. The van der Waals surface area contributed by atoms with Crippen molar-refractivity contribution in [3.8, 4) is 5.75 Å². The Bertz CT molecular complexity index is 850. The molecular formula is C23H29NO4. The third-order valence-corrected chi connectivity index (χ3v) is 5.32. The van der Waals surface area contributed by atoms with E-state index in [2.05, 4.69) is 25.7 Å². The molecule has 0 spiro atoms. The van der Waals surface area contributed by atoms with Crippen LogP contribution in [0.3, 0.4) is 0 Å². The van der Waals surface area contributed by atoms with Crippen LogP contribution in [0.15, 0.2) is 47.8 Å². The fourth-order valence-electron chi connectivity index (χ4n) is 4.29. The highest BCUT2D eigenvalue weighted by Gasteiger charge is 2.47. The van der Waals surface area contributed by atoms with Crippen LogP contribution in [0.4, 0.5) is 0 Å². The molecule has 2 atom stereocenters. The number of esters is 1. The van der Waals surface area contributed by atoms with Gasteiger partial charge in [-0.3, -0.25) is 9.59 Å². The van der Waals surface area contributed by atoms with E-state index in [1.165, 1.54) is 7.11 Å². The third-order valence-electron chi connectivity index (χ3n) is 5.32. The summed E-state index contributed by atoms with van der Waals surface area (Å²) in [5.41, 5.74) is 2.74. The van der Waals surface area contributed by atoms with E-state index in [9.17, 15) is 9.59 Å². The van der Waals surface area contributed by atoms with E-state index in [4.69, 9.17) is 9.47 Å². The molecule has 0 saturated heterocycles. The first-order valence-electron chi connectivity index (χ1n) is 9.70. The van der Waals surface area contributed by atoms with E-state index in [0.717, 1.165) is 17.7 Å². The van der Waals surface area contributed by atoms with Gasteiger partial charge in [-0.1, -0.05) is 38.6 Å². The van der Waals surface area contributed by atoms with Crippen LogP contribution in [0, 0.1) is 11.3 Å². The average Bonchev–Trinajstić information content (AvgIpc) is 2.59. The first kappa shape index (κ1) is 20.2. The molecule has 2 aliphatic rings. The van der Waals surface area contributed by atoms with E-state index in [0.29, 0.717) is 23.4 Å². The zero-order chi connectivity index (χ0) is 20.6. The highest BCUT2D eigenvalue weighted by atomic mass is 16.5. The lowest BCUT2D eigenvalue weighted by Crippen LogP contribution is -2.43. The van der Waals surface area contributed by atoms with Crippen LogP contribution in [-0.2, 0) is 14.3 Å². The van der Waals surface area contributed by atoms with Crippen LogP contribution in [0.5, 0.6) is 5.75 Å². The number of ether oxygens (including phenoxy) is 2. The van der Waals surface area contributed by atoms with Crippen molar-refractivity contribution in [1.29, 1.82) is 0 Å². The Balaban J connectivity index is 2.22. The lowest BCUT2D eigenvalue weighted by atomic mass is 9.66. The molecule has 0 amide bonds. The molecule has 3 rings (SSSR count). The van der Waals surface area contributed by atoms with Gasteiger partial charge in [0.2, 0.25) is 0 Å². The van der Waals surface area contributed by atoms with E-state index in [1.54, 1.807) is 0 Å². The molecule has 28 heavy (non-hydrogen) atoms. The SMILES string of the molecule is C=C1NC2=C(C(=O)CC(C)(C)C2)C(c2ccccc2OC(C)C)C1C(=O)OC. The van der Waals surface area contributed by atoms with Crippen molar-refractivity contribution in [3.05, 3.63) is 53.4 Å². The predicted octanol–water partition coefficient (Wildman–Crippen LogP) is 4.11. The summed E-state index contributed by atoms with van der Waals surface area (Å²) in [6.45, 7) is 12.2. The number of rotatable bonds is 4. The number of benzene rings is 1. The molecule has 0 bridgehead atoms. The second-order valence-electron chi connectivity index (χ2n) is 8.67. The molecular weight excluding hydrogens is 354 g/mol. The zero-order valence-corrected chi connectivity index (χ0v) is 17.3. The number of methoxy groups -OCH3 is 1. The van der Waals surface area contributed by atoms with Crippen molar-refractivity contribution in [2.24, 2.45) is 11.3 Å². The Kier molecular flexibility index (Phi) is 5.37. The number of hydrogen-bond donors (Lipinski definition) is 1. The molecule has 1 aliphatic heterocycles. The quantitative estimate of drug-likeness (QED) is 0.793. The van der Waals surface area contributed by atoms with E-state index >= 15 is 0 Å². The van der Waals surface area contributed by atoms with E-state index < -0.39 is 17.8 Å². The maximum absolute atomic E-state index is 13.2. The summed E-state index contributed by atoms with van der Waals surface area (Å²) in [5, 5.41) is 3.25. The number of ketones is 1. The number of carbonyl (C=O) groups excluding carboxylic acids is 2. The number of hydrogen-bond acceptors (Lipinski definition) is 5. The fraction of sp³-hybridized carbons (Fsp3) is 0.478. The minimum Gasteiger partial charge on any atom is -0.491 e. The summed E-state index contributed by atoms with van der Waals surface area (Å²) in [7, 11) is 1.36. The molecule has 1 aromatic carbocycles. The minimum atomic E-state index is -0.689. The van der Waals surface area contributed by atoms with E-state index in [-0.39, 0.29) is 17.3 Å². The van der Waals surface area contributed by atoms with Gasteiger partial charge in [-0.05, 0) is 31.7 Å². The molecule has 150 valence electrons. The van der Waals surface area contributed by atoms with Gasteiger partial charge in [0.1, 0.15) is 11.7 Å². The van der Waals surface area contributed by atoms with Crippen molar-refractivity contribution in [3.63, 3.8) is 0 Å². The molecule has 5 heteroatoms. The van der Waals surface area contributed by atoms with Gasteiger partial charge in [0, 0.05) is 34.9 Å². The number of carbonyl (C=O) groups is 2. The number of nitrogens with one attached hydrogen (secondary N) is 1. The minimum absolute atomic E-state index is 0.0305. The predicted molar refractivity (Wildman–Crippen MR) is 108 cm³/mol.